The highest BCUT2D eigenvalue weighted by Crippen LogP contribution is 2.48. The smallest absolute Gasteiger partial charge is 0.324 e. The van der Waals surface area contributed by atoms with Crippen LogP contribution in [0, 0.1) is 5.92 Å². The van der Waals surface area contributed by atoms with Gasteiger partial charge in [0.15, 0.2) is 5.92 Å². The molecule has 0 saturated carbocycles. The maximum absolute atomic E-state index is 12.4. The van der Waals surface area contributed by atoms with E-state index in [2.05, 4.69) is 0 Å². The molecule has 1 aromatic rings. The third-order valence-corrected chi connectivity index (χ3v) is 4.65. The van der Waals surface area contributed by atoms with Crippen LogP contribution in [0.3, 0.4) is 0 Å². The summed E-state index contributed by atoms with van der Waals surface area (Å²) in [7, 11) is 1.60. The van der Waals surface area contributed by atoms with Crippen LogP contribution < -0.4 is 4.74 Å². The highest BCUT2D eigenvalue weighted by molar-refractivity contribution is 5.98. The number of benzene rings is 1. The molecule has 1 aromatic carbocycles. The molecule has 0 amide bonds. The summed E-state index contributed by atoms with van der Waals surface area (Å²) < 4.78 is 15.9. The molecule has 0 spiro atoms. The van der Waals surface area contributed by atoms with Crippen LogP contribution in [0.25, 0.3) is 0 Å². The van der Waals surface area contributed by atoms with Crippen molar-refractivity contribution in [1.29, 1.82) is 0 Å². The third-order valence-electron chi connectivity index (χ3n) is 4.65. The maximum Gasteiger partial charge on any atom is 0.324 e. The van der Waals surface area contributed by atoms with Gasteiger partial charge >= 0.3 is 11.9 Å². The highest BCUT2D eigenvalue weighted by atomic mass is 16.7. The molecule has 5 heteroatoms. The van der Waals surface area contributed by atoms with E-state index < -0.39 is 29.1 Å². The molecule has 118 valence electrons. The first-order chi connectivity index (χ1) is 10.3. The zero-order valence-corrected chi connectivity index (χ0v) is 13.3. The fourth-order valence-electron chi connectivity index (χ4n) is 3.50. The van der Waals surface area contributed by atoms with Crippen LogP contribution >= 0.6 is 0 Å². The number of fused-ring (bicyclic) bond motifs is 1. The van der Waals surface area contributed by atoms with Crippen LogP contribution in [0.5, 0.6) is 5.75 Å². The predicted molar refractivity (Wildman–Crippen MR) is 78.4 cm³/mol. The Kier molecular flexibility index (Phi) is 3.20. The Hall–Kier alpha value is -2.04. The molecule has 0 N–H and O–H groups in total. The van der Waals surface area contributed by atoms with Crippen LogP contribution in [-0.2, 0) is 30.9 Å². The van der Waals surface area contributed by atoms with Gasteiger partial charge in [-0.25, -0.2) is 0 Å². The summed E-state index contributed by atoms with van der Waals surface area (Å²) in [6.07, 6.45) is 1.51. The Bertz CT molecular complexity index is 628. The van der Waals surface area contributed by atoms with Gasteiger partial charge in [0.1, 0.15) is 5.75 Å². The second kappa shape index (κ2) is 4.73. The van der Waals surface area contributed by atoms with Crippen molar-refractivity contribution in [2.75, 3.05) is 7.11 Å². The van der Waals surface area contributed by atoms with Crippen molar-refractivity contribution in [2.24, 2.45) is 5.92 Å². The Labute approximate surface area is 129 Å². The quantitative estimate of drug-likeness (QED) is 0.620. The Morgan fingerprint density at radius 3 is 2.36 bits per heavy atom. The summed E-state index contributed by atoms with van der Waals surface area (Å²) in [6, 6.07) is 5.79. The van der Waals surface area contributed by atoms with Crippen molar-refractivity contribution in [3.8, 4) is 5.75 Å². The first-order valence-corrected chi connectivity index (χ1v) is 7.40. The lowest BCUT2D eigenvalue weighted by Crippen LogP contribution is -2.52. The average Bonchev–Trinajstić information content (AvgIpc) is 2.74. The minimum atomic E-state index is -1.20. The summed E-state index contributed by atoms with van der Waals surface area (Å²) in [6.45, 7) is 5.05. The molecule has 1 saturated heterocycles. The van der Waals surface area contributed by atoms with Crippen LogP contribution in [0.4, 0.5) is 0 Å². The number of carbonyl (C=O) groups excluding carboxylic acids is 2. The minimum Gasteiger partial charge on any atom is -0.497 e. The summed E-state index contributed by atoms with van der Waals surface area (Å²) in [4.78, 5) is 24.8. The molecule has 1 aliphatic heterocycles. The van der Waals surface area contributed by atoms with Gasteiger partial charge in [0, 0.05) is 19.3 Å². The van der Waals surface area contributed by atoms with E-state index in [0.717, 1.165) is 17.5 Å². The largest absolute Gasteiger partial charge is 0.497 e. The number of esters is 2. The molecular weight excluding hydrogens is 284 g/mol. The lowest BCUT2D eigenvalue weighted by molar-refractivity contribution is -0.243. The van der Waals surface area contributed by atoms with E-state index in [0.29, 0.717) is 12.2 Å². The van der Waals surface area contributed by atoms with Crippen molar-refractivity contribution >= 4 is 11.9 Å². The summed E-state index contributed by atoms with van der Waals surface area (Å²) >= 11 is 0. The fraction of sp³-hybridized carbons (Fsp3) is 0.529. The summed E-state index contributed by atoms with van der Waals surface area (Å²) in [5.74, 6) is -2.45. The molecule has 1 fully saturated rings. The van der Waals surface area contributed by atoms with E-state index in [1.807, 2.05) is 25.1 Å². The summed E-state index contributed by atoms with van der Waals surface area (Å²) in [5, 5.41) is 0. The Morgan fingerprint density at radius 1 is 1.14 bits per heavy atom. The van der Waals surface area contributed by atoms with E-state index >= 15 is 0 Å². The maximum atomic E-state index is 12.4. The number of carbonyl (C=O) groups is 2. The molecule has 0 unspecified atom stereocenters. The Morgan fingerprint density at radius 2 is 1.77 bits per heavy atom. The zero-order valence-electron chi connectivity index (χ0n) is 13.3. The molecule has 0 aromatic heterocycles. The van der Waals surface area contributed by atoms with Gasteiger partial charge in [-0.15, -0.1) is 0 Å². The SMILES string of the molecule is COc1ccc2c(c1)[C@@](C)(C1C(=O)OC(C)(C)OC1=O)CC2. The van der Waals surface area contributed by atoms with Gasteiger partial charge in [-0.2, -0.15) is 0 Å². The highest BCUT2D eigenvalue weighted by Gasteiger charge is 2.55. The van der Waals surface area contributed by atoms with Gasteiger partial charge in [-0.05, 0) is 36.1 Å². The molecule has 22 heavy (non-hydrogen) atoms. The predicted octanol–water partition coefficient (Wildman–Crippen LogP) is 2.35. The van der Waals surface area contributed by atoms with Crippen molar-refractivity contribution in [2.45, 2.75) is 44.8 Å². The Balaban J connectivity index is 2.03. The van der Waals surface area contributed by atoms with Gasteiger partial charge in [0.25, 0.3) is 5.79 Å². The van der Waals surface area contributed by atoms with Gasteiger partial charge in [0.2, 0.25) is 0 Å². The van der Waals surface area contributed by atoms with Crippen LogP contribution in [-0.4, -0.2) is 24.8 Å². The van der Waals surface area contributed by atoms with Gasteiger partial charge < -0.3 is 14.2 Å². The van der Waals surface area contributed by atoms with E-state index in [1.165, 1.54) is 0 Å². The van der Waals surface area contributed by atoms with E-state index in [9.17, 15) is 9.59 Å². The van der Waals surface area contributed by atoms with Crippen molar-refractivity contribution in [3.05, 3.63) is 29.3 Å². The third kappa shape index (κ3) is 2.16. The first-order valence-electron chi connectivity index (χ1n) is 7.40. The second-order valence-electron chi connectivity index (χ2n) is 6.62. The minimum absolute atomic E-state index is 0.514. The number of cyclic esters (lactones) is 2. The molecule has 0 radical (unpaired) electrons. The lowest BCUT2D eigenvalue weighted by atomic mass is 9.72. The van der Waals surface area contributed by atoms with E-state index in [1.54, 1.807) is 21.0 Å². The monoisotopic (exact) mass is 304 g/mol. The molecular formula is C17H20O5. The number of rotatable bonds is 2. The van der Waals surface area contributed by atoms with E-state index in [4.69, 9.17) is 14.2 Å². The fourth-order valence-corrected chi connectivity index (χ4v) is 3.50. The number of ether oxygens (including phenoxy) is 3. The normalized spacial score (nSPS) is 27.1. The lowest BCUT2D eigenvalue weighted by Gasteiger charge is -2.39. The first kappa shape index (κ1) is 14.9. The second-order valence-corrected chi connectivity index (χ2v) is 6.62. The van der Waals surface area contributed by atoms with Crippen LogP contribution in [0.1, 0.15) is 38.3 Å². The van der Waals surface area contributed by atoms with Gasteiger partial charge in [-0.1, -0.05) is 13.0 Å². The average molecular weight is 304 g/mol. The van der Waals surface area contributed by atoms with Crippen molar-refractivity contribution in [1.82, 2.24) is 0 Å². The van der Waals surface area contributed by atoms with E-state index in [-0.39, 0.29) is 0 Å². The molecule has 1 heterocycles. The van der Waals surface area contributed by atoms with Crippen LogP contribution in [0.15, 0.2) is 18.2 Å². The number of aryl methyl sites for hydroxylation is 1. The van der Waals surface area contributed by atoms with Crippen molar-refractivity contribution < 1.29 is 23.8 Å². The number of hydrogen-bond acceptors (Lipinski definition) is 5. The molecule has 2 aliphatic rings. The number of methoxy groups -OCH3 is 1. The van der Waals surface area contributed by atoms with Gasteiger partial charge in [-0.3, -0.25) is 9.59 Å². The molecule has 5 nitrogen and oxygen atoms in total. The van der Waals surface area contributed by atoms with Crippen LogP contribution in [0.2, 0.25) is 0 Å². The molecule has 0 bridgehead atoms. The zero-order chi connectivity index (χ0) is 16.1. The molecule has 1 aliphatic carbocycles. The van der Waals surface area contributed by atoms with Gasteiger partial charge in [0.05, 0.1) is 7.11 Å². The summed E-state index contributed by atoms with van der Waals surface area (Å²) in [5.41, 5.74) is 1.47. The standard InChI is InChI=1S/C17H20O5/c1-16(2)21-14(18)13(15(19)22-16)17(3)8-7-10-5-6-11(20-4)9-12(10)17/h5-6,9,13H,7-8H2,1-4H3/t17-/m0/s1. The molecule has 3 rings (SSSR count). The van der Waals surface area contributed by atoms with Crippen molar-refractivity contribution in [3.63, 3.8) is 0 Å². The molecule has 1 atom stereocenters. The topological polar surface area (TPSA) is 61.8 Å². The number of hydrogen-bond donors (Lipinski definition) is 0.